The topological polar surface area (TPSA) is 37.8 Å². The molecule has 1 aromatic heterocycles. The Labute approximate surface area is 116 Å². The molecule has 0 amide bonds. The number of halogens is 1. The van der Waals surface area contributed by atoms with E-state index in [1.807, 2.05) is 26.0 Å². The predicted molar refractivity (Wildman–Crippen MR) is 78.8 cm³/mol. The van der Waals surface area contributed by atoms with Crippen LogP contribution in [0.5, 0.6) is 0 Å². The van der Waals surface area contributed by atoms with Crippen molar-refractivity contribution in [2.45, 2.75) is 20.8 Å². The second-order valence-corrected chi connectivity index (χ2v) is 5.05. The van der Waals surface area contributed by atoms with Crippen LogP contribution >= 0.6 is 15.9 Å². The van der Waals surface area contributed by atoms with Gasteiger partial charge in [-0.1, -0.05) is 28.1 Å². The number of hydrogen-bond donors (Lipinski definition) is 1. The van der Waals surface area contributed by atoms with Gasteiger partial charge in [0.05, 0.1) is 5.69 Å². The summed E-state index contributed by atoms with van der Waals surface area (Å²) >= 11 is 3.49. The second-order valence-electron chi connectivity index (χ2n) is 4.13. The highest BCUT2D eigenvalue weighted by molar-refractivity contribution is 9.10. The monoisotopic (exact) mass is 305 g/mol. The standard InChI is InChI=1S/C14H16BrN3/c1-4-16-14-9(2)13(17-10(3)18-14)11-6-5-7-12(15)8-11/h5-8H,4H2,1-3H3,(H,16,17,18). The molecule has 2 rings (SSSR count). The highest BCUT2D eigenvalue weighted by Crippen LogP contribution is 2.27. The molecule has 0 atom stereocenters. The molecular formula is C14H16BrN3. The third-order valence-electron chi connectivity index (χ3n) is 2.70. The lowest BCUT2D eigenvalue weighted by Gasteiger charge is -2.12. The van der Waals surface area contributed by atoms with Crippen molar-refractivity contribution in [3.05, 3.63) is 40.1 Å². The average Bonchev–Trinajstić information content (AvgIpc) is 2.33. The molecule has 2 aromatic rings. The van der Waals surface area contributed by atoms with E-state index in [2.05, 4.69) is 50.3 Å². The number of nitrogens with one attached hydrogen (secondary N) is 1. The van der Waals surface area contributed by atoms with Crippen LogP contribution in [0.2, 0.25) is 0 Å². The smallest absolute Gasteiger partial charge is 0.133 e. The van der Waals surface area contributed by atoms with Crippen molar-refractivity contribution in [1.82, 2.24) is 9.97 Å². The Morgan fingerprint density at radius 2 is 2.00 bits per heavy atom. The first-order valence-corrected chi connectivity index (χ1v) is 6.76. The van der Waals surface area contributed by atoms with Crippen LogP contribution < -0.4 is 5.32 Å². The molecular weight excluding hydrogens is 290 g/mol. The van der Waals surface area contributed by atoms with Gasteiger partial charge in [-0.15, -0.1) is 0 Å². The van der Waals surface area contributed by atoms with Crippen molar-refractivity contribution < 1.29 is 0 Å². The molecule has 0 aliphatic heterocycles. The predicted octanol–water partition coefficient (Wildman–Crippen LogP) is 3.95. The Kier molecular flexibility index (Phi) is 3.97. The summed E-state index contributed by atoms with van der Waals surface area (Å²) in [6.45, 7) is 6.89. The van der Waals surface area contributed by atoms with Gasteiger partial charge in [-0.2, -0.15) is 0 Å². The maximum absolute atomic E-state index is 4.56. The van der Waals surface area contributed by atoms with Crippen LogP contribution in [0.4, 0.5) is 5.82 Å². The summed E-state index contributed by atoms with van der Waals surface area (Å²) in [4.78, 5) is 8.99. The number of benzene rings is 1. The van der Waals surface area contributed by atoms with E-state index in [4.69, 9.17) is 0 Å². The third kappa shape index (κ3) is 2.70. The summed E-state index contributed by atoms with van der Waals surface area (Å²) in [5.74, 6) is 1.70. The van der Waals surface area contributed by atoms with E-state index in [0.717, 1.165) is 39.5 Å². The molecule has 0 radical (unpaired) electrons. The van der Waals surface area contributed by atoms with Gasteiger partial charge < -0.3 is 5.32 Å². The van der Waals surface area contributed by atoms with E-state index < -0.39 is 0 Å². The zero-order valence-corrected chi connectivity index (χ0v) is 12.4. The molecule has 4 heteroatoms. The minimum absolute atomic E-state index is 0.784. The van der Waals surface area contributed by atoms with E-state index in [-0.39, 0.29) is 0 Å². The first-order chi connectivity index (χ1) is 8.61. The van der Waals surface area contributed by atoms with Gasteiger partial charge in [-0.05, 0) is 32.9 Å². The summed E-state index contributed by atoms with van der Waals surface area (Å²) in [6, 6.07) is 8.17. The second kappa shape index (κ2) is 5.48. The summed E-state index contributed by atoms with van der Waals surface area (Å²) < 4.78 is 1.06. The lowest BCUT2D eigenvalue weighted by Crippen LogP contribution is -2.06. The van der Waals surface area contributed by atoms with Gasteiger partial charge in [0.2, 0.25) is 0 Å². The maximum atomic E-state index is 4.56. The summed E-state index contributed by atoms with van der Waals surface area (Å²) in [5, 5.41) is 3.28. The zero-order valence-electron chi connectivity index (χ0n) is 10.8. The SMILES string of the molecule is CCNc1nc(C)nc(-c2cccc(Br)c2)c1C. The molecule has 94 valence electrons. The Morgan fingerprint density at radius 1 is 1.22 bits per heavy atom. The molecule has 0 saturated heterocycles. The Morgan fingerprint density at radius 3 is 2.67 bits per heavy atom. The minimum Gasteiger partial charge on any atom is -0.370 e. The highest BCUT2D eigenvalue weighted by Gasteiger charge is 2.10. The van der Waals surface area contributed by atoms with Crippen LogP contribution in [0.1, 0.15) is 18.3 Å². The van der Waals surface area contributed by atoms with Gasteiger partial charge in [0, 0.05) is 22.1 Å². The van der Waals surface area contributed by atoms with E-state index >= 15 is 0 Å². The fourth-order valence-corrected chi connectivity index (χ4v) is 2.28. The number of anilines is 1. The van der Waals surface area contributed by atoms with E-state index in [1.54, 1.807) is 0 Å². The van der Waals surface area contributed by atoms with Crippen molar-refractivity contribution >= 4 is 21.7 Å². The van der Waals surface area contributed by atoms with Crippen molar-refractivity contribution in [2.24, 2.45) is 0 Å². The number of nitrogens with zero attached hydrogens (tertiary/aromatic N) is 2. The molecule has 0 fully saturated rings. The van der Waals surface area contributed by atoms with Crippen LogP contribution in [-0.2, 0) is 0 Å². The van der Waals surface area contributed by atoms with E-state index in [0.29, 0.717) is 0 Å². The molecule has 1 N–H and O–H groups in total. The number of aromatic nitrogens is 2. The van der Waals surface area contributed by atoms with Crippen LogP contribution in [-0.4, -0.2) is 16.5 Å². The molecule has 1 aromatic carbocycles. The van der Waals surface area contributed by atoms with Gasteiger partial charge in [0.25, 0.3) is 0 Å². The lowest BCUT2D eigenvalue weighted by molar-refractivity contribution is 1.02. The Balaban J connectivity index is 2.56. The van der Waals surface area contributed by atoms with Crippen LogP contribution in [0.25, 0.3) is 11.3 Å². The van der Waals surface area contributed by atoms with Crippen molar-refractivity contribution in [2.75, 3.05) is 11.9 Å². The fourth-order valence-electron chi connectivity index (χ4n) is 1.88. The summed E-state index contributed by atoms with van der Waals surface area (Å²) in [6.07, 6.45) is 0. The molecule has 18 heavy (non-hydrogen) atoms. The third-order valence-corrected chi connectivity index (χ3v) is 3.19. The van der Waals surface area contributed by atoms with Crippen molar-refractivity contribution in [3.63, 3.8) is 0 Å². The number of hydrogen-bond acceptors (Lipinski definition) is 3. The van der Waals surface area contributed by atoms with Crippen LogP contribution in [0, 0.1) is 13.8 Å². The van der Waals surface area contributed by atoms with E-state index in [9.17, 15) is 0 Å². The molecule has 1 heterocycles. The molecule has 0 saturated carbocycles. The average molecular weight is 306 g/mol. The maximum Gasteiger partial charge on any atom is 0.133 e. The molecule has 3 nitrogen and oxygen atoms in total. The fraction of sp³-hybridized carbons (Fsp3) is 0.286. The first kappa shape index (κ1) is 13.0. The quantitative estimate of drug-likeness (QED) is 0.933. The van der Waals surface area contributed by atoms with Crippen molar-refractivity contribution in [3.8, 4) is 11.3 Å². The Hall–Kier alpha value is -1.42. The van der Waals surface area contributed by atoms with Crippen LogP contribution in [0.3, 0.4) is 0 Å². The lowest BCUT2D eigenvalue weighted by atomic mass is 10.1. The van der Waals surface area contributed by atoms with E-state index in [1.165, 1.54) is 0 Å². The van der Waals surface area contributed by atoms with Crippen molar-refractivity contribution in [1.29, 1.82) is 0 Å². The molecule has 0 spiro atoms. The first-order valence-electron chi connectivity index (χ1n) is 5.97. The minimum atomic E-state index is 0.784. The molecule has 0 bridgehead atoms. The normalized spacial score (nSPS) is 10.4. The number of rotatable bonds is 3. The van der Waals surface area contributed by atoms with Gasteiger partial charge >= 0.3 is 0 Å². The largest absolute Gasteiger partial charge is 0.370 e. The zero-order chi connectivity index (χ0) is 13.1. The van der Waals surface area contributed by atoms with Gasteiger partial charge in [-0.25, -0.2) is 9.97 Å². The summed E-state index contributed by atoms with van der Waals surface area (Å²) in [5.41, 5.74) is 3.17. The van der Waals surface area contributed by atoms with Gasteiger partial charge in [0.15, 0.2) is 0 Å². The Bertz CT molecular complexity index is 567. The molecule has 0 unspecified atom stereocenters. The van der Waals surface area contributed by atoms with Gasteiger partial charge in [0.1, 0.15) is 11.6 Å². The molecule has 0 aliphatic carbocycles. The highest BCUT2D eigenvalue weighted by atomic mass is 79.9. The summed E-state index contributed by atoms with van der Waals surface area (Å²) in [7, 11) is 0. The molecule has 0 aliphatic rings. The number of aryl methyl sites for hydroxylation is 1. The van der Waals surface area contributed by atoms with Crippen LogP contribution in [0.15, 0.2) is 28.7 Å². The van der Waals surface area contributed by atoms with Gasteiger partial charge in [-0.3, -0.25) is 0 Å².